The fourth-order valence-electron chi connectivity index (χ4n) is 0.909. The number of aliphatic imine (C=N–C) groups is 1. The predicted molar refractivity (Wildman–Crippen MR) is 56.4 cm³/mol. The molecule has 1 aromatic rings. The van der Waals surface area contributed by atoms with Gasteiger partial charge in [0.15, 0.2) is 5.82 Å². The predicted octanol–water partition coefficient (Wildman–Crippen LogP) is 0.808. The number of rotatable bonds is 4. The minimum atomic E-state index is -0.419. The van der Waals surface area contributed by atoms with Gasteiger partial charge in [0, 0.05) is 14.1 Å². The summed E-state index contributed by atoms with van der Waals surface area (Å²) in [4.78, 5) is 17.2. The second-order valence-electron chi connectivity index (χ2n) is 3.06. The van der Waals surface area contributed by atoms with Crippen LogP contribution >= 0.6 is 0 Å². The molecular weight excluding hydrogens is 196 g/mol. The number of hydrogen-bond acceptors (Lipinski definition) is 4. The normalized spacial score (nSPS) is 10.6. The Bertz CT molecular complexity index is 357. The van der Waals surface area contributed by atoms with E-state index in [1.807, 2.05) is 14.1 Å². The first-order valence-corrected chi connectivity index (χ1v) is 4.56. The summed E-state index contributed by atoms with van der Waals surface area (Å²) in [5, 5.41) is 6.37. The summed E-state index contributed by atoms with van der Waals surface area (Å²) in [7, 11) is 3.67. The van der Waals surface area contributed by atoms with Gasteiger partial charge in [0.05, 0.1) is 19.1 Å². The first-order chi connectivity index (χ1) is 7.15. The molecule has 15 heavy (non-hydrogen) atoms. The summed E-state index contributed by atoms with van der Waals surface area (Å²) in [6.07, 6.45) is 2.98. The molecule has 0 unspecified atom stereocenters. The van der Waals surface area contributed by atoms with Crippen LogP contribution in [0, 0.1) is 0 Å². The zero-order chi connectivity index (χ0) is 11.3. The van der Waals surface area contributed by atoms with Crippen LogP contribution in [-0.2, 0) is 4.74 Å². The van der Waals surface area contributed by atoms with Gasteiger partial charge < -0.3 is 9.64 Å². The first kappa shape index (κ1) is 11.2. The number of hydrogen-bond donors (Lipinski definition) is 1. The zero-order valence-electron chi connectivity index (χ0n) is 9.02. The van der Waals surface area contributed by atoms with E-state index in [2.05, 4.69) is 15.2 Å². The second kappa shape index (κ2) is 5.14. The van der Waals surface area contributed by atoms with Crippen LogP contribution in [0.15, 0.2) is 11.2 Å². The van der Waals surface area contributed by atoms with Gasteiger partial charge in [0.1, 0.15) is 5.56 Å². The number of nitrogens with one attached hydrogen (secondary N) is 1. The molecule has 0 amide bonds. The molecule has 0 aromatic carbocycles. The van der Waals surface area contributed by atoms with E-state index in [-0.39, 0.29) is 0 Å². The van der Waals surface area contributed by atoms with Crippen molar-refractivity contribution in [2.45, 2.75) is 6.92 Å². The summed E-state index contributed by atoms with van der Waals surface area (Å²) >= 11 is 0. The molecule has 0 saturated carbocycles. The van der Waals surface area contributed by atoms with Gasteiger partial charge in [-0.05, 0) is 6.92 Å². The summed E-state index contributed by atoms with van der Waals surface area (Å²) in [5.41, 5.74) is 0.343. The highest BCUT2D eigenvalue weighted by molar-refractivity contribution is 5.94. The van der Waals surface area contributed by atoms with Crippen LogP contribution in [0.5, 0.6) is 0 Å². The van der Waals surface area contributed by atoms with Crippen molar-refractivity contribution in [1.29, 1.82) is 0 Å². The molecule has 6 heteroatoms. The SMILES string of the molecule is CCOC(=O)c1cn[nH]c1N=CN(C)C. The smallest absolute Gasteiger partial charge is 0.343 e. The Kier molecular flexibility index (Phi) is 3.84. The number of carbonyl (C=O) groups is 1. The molecule has 1 heterocycles. The maximum atomic E-state index is 11.4. The van der Waals surface area contributed by atoms with E-state index in [1.165, 1.54) is 6.20 Å². The Balaban J connectivity index is 2.82. The van der Waals surface area contributed by atoms with Crippen LogP contribution in [0.25, 0.3) is 0 Å². The van der Waals surface area contributed by atoms with Crippen molar-refractivity contribution in [3.63, 3.8) is 0 Å². The highest BCUT2D eigenvalue weighted by Crippen LogP contribution is 2.15. The lowest BCUT2D eigenvalue weighted by Crippen LogP contribution is -2.08. The molecule has 0 saturated heterocycles. The Morgan fingerprint density at radius 3 is 3.07 bits per heavy atom. The maximum Gasteiger partial charge on any atom is 0.343 e. The van der Waals surface area contributed by atoms with Gasteiger partial charge in [-0.15, -0.1) is 0 Å². The minimum absolute atomic E-state index is 0.334. The quantitative estimate of drug-likeness (QED) is 0.453. The van der Waals surface area contributed by atoms with E-state index < -0.39 is 5.97 Å². The van der Waals surface area contributed by atoms with Gasteiger partial charge in [0.2, 0.25) is 0 Å². The van der Waals surface area contributed by atoms with Gasteiger partial charge in [-0.1, -0.05) is 0 Å². The van der Waals surface area contributed by atoms with Gasteiger partial charge in [0.25, 0.3) is 0 Å². The third-order valence-corrected chi connectivity index (χ3v) is 1.53. The lowest BCUT2D eigenvalue weighted by Gasteiger charge is -2.02. The molecule has 82 valence electrons. The molecule has 0 aliphatic carbocycles. The van der Waals surface area contributed by atoms with E-state index in [0.717, 1.165) is 0 Å². The summed E-state index contributed by atoms with van der Waals surface area (Å²) in [5.74, 6) is -0.0145. The van der Waals surface area contributed by atoms with E-state index >= 15 is 0 Å². The highest BCUT2D eigenvalue weighted by Gasteiger charge is 2.13. The molecule has 0 spiro atoms. The van der Waals surface area contributed by atoms with Crippen molar-refractivity contribution in [3.05, 3.63) is 11.8 Å². The molecule has 0 atom stereocenters. The van der Waals surface area contributed by atoms with Crippen LogP contribution in [0.2, 0.25) is 0 Å². The number of aromatic nitrogens is 2. The van der Waals surface area contributed by atoms with Crippen molar-refractivity contribution in [1.82, 2.24) is 15.1 Å². The van der Waals surface area contributed by atoms with Crippen molar-refractivity contribution in [2.75, 3.05) is 20.7 Å². The minimum Gasteiger partial charge on any atom is -0.462 e. The fraction of sp³-hybridized carbons (Fsp3) is 0.444. The molecular formula is C9H14N4O2. The van der Waals surface area contributed by atoms with Crippen molar-refractivity contribution in [2.24, 2.45) is 4.99 Å². The molecule has 0 aliphatic rings. The highest BCUT2D eigenvalue weighted by atomic mass is 16.5. The number of nitrogens with zero attached hydrogens (tertiary/aromatic N) is 3. The molecule has 0 bridgehead atoms. The maximum absolute atomic E-state index is 11.4. The lowest BCUT2D eigenvalue weighted by molar-refractivity contribution is 0.0527. The van der Waals surface area contributed by atoms with Crippen molar-refractivity contribution < 1.29 is 9.53 Å². The summed E-state index contributed by atoms with van der Waals surface area (Å²) in [6, 6.07) is 0. The average molecular weight is 210 g/mol. The van der Waals surface area contributed by atoms with Crippen LogP contribution in [0.1, 0.15) is 17.3 Å². The van der Waals surface area contributed by atoms with Crippen LogP contribution in [0.4, 0.5) is 5.82 Å². The van der Waals surface area contributed by atoms with E-state index in [9.17, 15) is 4.79 Å². The van der Waals surface area contributed by atoms with E-state index in [1.54, 1.807) is 18.2 Å². The number of aromatic amines is 1. The molecule has 1 aromatic heterocycles. The fourth-order valence-corrected chi connectivity index (χ4v) is 0.909. The Labute approximate surface area is 87.9 Å². The average Bonchev–Trinajstić information content (AvgIpc) is 2.62. The summed E-state index contributed by atoms with van der Waals surface area (Å²) < 4.78 is 4.85. The van der Waals surface area contributed by atoms with Gasteiger partial charge >= 0.3 is 5.97 Å². The number of H-pyrrole nitrogens is 1. The topological polar surface area (TPSA) is 70.6 Å². The summed E-state index contributed by atoms with van der Waals surface area (Å²) in [6.45, 7) is 2.08. The Morgan fingerprint density at radius 1 is 1.73 bits per heavy atom. The molecule has 1 rings (SSSR count). The molecule has 0 aliphatic heterocycles. The van der Waals surface area contributed by atoms with Crippen molar-refractivity contribution in [3.8, 4) is 0 Å². The van der Waals surface area contributed by atoms with E-state index in [4.69, 9.17) is 4.74 Å². The third-order valence-electron chi connectivity index (χ3n) is 1.53. The number of ether oxygens (including phenoxy) is 1. The Hall–Kier alpha value is -1.85. The number of carbonyl (C=O) groups excluding carboxylic acids is 1. The largest absolute Gasteiger partial charge is 0.462 e. The third kappa shape index (κ3) is 3.08. The van der Waals surface area contributed by atoms with Crippen molar-refractivity contribution >= 4 is 18.1 Å². The zero-order valence-corrected chi connectivity index (χ0v) is 9.02. The molecule has 0 fully saturated rings. The molecule has 0 radical (unpaired) electrons. The number of esters is 1. The van der Waals surface area contributed by atoms with Gasteiger partial charge in [-0.3, -0.25) is 5.10 Å². The van der Waals surface area contributed by atoms with Gasteiger partial charge in [-0.2, -0.15) is 5.10 Å². The van der Waals surface area contributed by atoms with Crippen LogP contribution < -0.4 is 0 Å². The van der Waals surface area contributed by atoms with Crippen LogP contribution in [-0.4, -0.2) is 48.1 Å². The van der Waals surface area contributed by atoms with E-state index in [0.29, 0.717) is 18.0 Å². The standard InChI is InChI=1S/C9H14N4O2/c1-4-15-9(14)7-5-11-12-8(7)10-6-13(2)3/h5-6H,4H2,1-3H3,(H,11,12). The first-order valence-electron chi connectivity index (χ1n) is 4.56. The second-order valence-corrected chi connectivity index (χ2v) is 3.06. The van der Waals surface area contributed by atoms with Crippen LogP contribution in [0.3, 0.4) is 0 Å². The molecule has 6 nitrogen and oxygen atoms in total. The Morgan fingerprint density at radius 2 is 2.47 bits per heavy atom. The monoisotopic (exact) mass is 210 g/mol. The molecule has 1 N–H and O–H groups in total. The lowest BCUT2D eigenvalue weighted by atomic mass is 10.3. The van der Waals surface area contributed by atoms with Gasteiger partial charge in [-0.25, -0.2) is 9.79 Å².